The first-order valence-electron chi connectivity index (χ1n) is 11.0. The molecule has 5 nitrogen and oxygen atoms in total. The Labute approximate surface area is 197 Å². The lowest BCUT2D eigenvalue weighted by Gasteiger charge is -2.16. The van der Waals surface area contributed by atoms with Crippen molar-refractivity contribution in [3.05, 3.63) is 83.1 Å². The monoisotopic (exact) mass is 463 g/mol. The summed E-state index contributed by atoms with van der Waals surface area (Å²) < 4.78 is 30.7. The van der Waals surface area contributed by atoms with Gasteiger partial charge in [-0.3, -0.25) is 0 Å². The van der Waals surface area contributed by atoms with E-state index in [0.717, 1.165) is 18.0 Å². The van der Waals surface area contributed by atoms with Gasteiger partial charge in [0, 0.05) is 45.4 Å². The van der Waals surface area contributed by atoms with Crippen LogP contribution in [-0.2, 0) is 0 Å². The van der Waals surface area contributed by atoms with E-state index in [0.29, 0.717) is 33.4 Å². The highest BCUT2D eigenvalue weighted by Crippen LogP contribution is 2.42. The molecule has 0 radical (unpaired) electrons. The second-order valence-electron chi connectivity index (χ2n) is 7.87. The molecule has 0 saturated heterocycles. The molecule has 1 heterocycles. The zero-order valence-corrected chi connectivity index (χ0v) is 19.5. The van der Waals surface area contributed by atoms with Gasteiger partial charge in [-0.15, -0.1) is 0 Å². The molecule has 176 valence electrons. The highest BCUT2D eigenvalue weighted by molar-refractivity contribution is 6.05. The lowest BCUT2D eigenvalue weighted by Crippen LogP contribution is -2.04. The number of anilines is 1. The number of nitrogens with two attached hydrogens (primary N) is 1. The van der Waals surface area contributed by atoms with Gasteiger partial charge in [0.05, 0.1) is 11.1 Å². The maximum absolute atomic E-state index is 15.2. The number of halogens is 2. The second-order valence-corrected chi connectivity index (χ2v) is 7.87. The van der Waals surface area contributed by atoms with Crippen LogP contribution in [0.15, 0.2) is 54.6 Å². The first kappa shape index (κ1) is 24.6. The summed E-state index contributed by atoms with van der Waals surface area (Å²) in [7, 11) is 0. The second kappa shape index (κ2) is 9.87. The van der Waals surface area contributed by atoms with Gasteiger partial charge in [-0.2, -0.15) is 0 Å². The molecule has 4 rings (SSSR count). The van der Waals surface area contributed by atoms with Gasteiger partial charge in [0.2, 0.25) is 0 Å². The number of nitrogen functional groups attached to an aromatic ring is 1. The third kappa shape index (κ3) is 4.29. The Morgan fingerprint density at radius 2 is 1.71 bits per heavy atom. The zero-order chi connectivity index (χ0) is 25.2. The van der Waals surface area contributed by atoms with Gasteiger partial charge in [-0.25, -0.2) is 13.6 Å². The summed E-state index contributed by atoms with van der Waals surface area (Å²) in [4.78, 5) is 11.3. The molecule has 1 aromatic heterocycles. The molecule has 0 aliphatic rings. The minimum absolute atomic E-state index is 0.0781. The Morgan fingerprint density at radius 3 is 2.24 bits per heavy atom. The summed E-state index contributed by atoms with van der Waals surface area (Å²) >= 11 is 0. The Kier molecular flexibility index (Phi) is 7.15. The van der Waals surface area contributed by atoms with Crippen molar-refractivity contribution in [1.29, 1.82) is 5.41 Å². The number of hydrogen-bond donors (Lipinski definition) is 3. The molecule has 0 atom stereocenters. The minimum Gasteiger partial charge on any atom is -0.478 e. The Morgan fingerprint density at radius 1 is 1.06 bits per heavy atom. The van der Waals surface area contributed by atoms with Crippen LogP contribution in [0.25, 0.3) is 27.7 Å². The number of nitrogens with one attached hydrogen (secondary N) is 1. The third-order valence-electron chi connectivity index (χ3n) is 5.48. The van der Waals surface area contributed by atoms with Gasteiger partial charge in [0.15, 0.2) is 0 Å². The standard InChI is InChI=1S/C25H21F2N3O2.C2H6/c1-13(2)24-23(18-8-3-14(25(31)32)9-20(18)27)19-11-21(29)15(12-28)10-22(19)30(24)17-6-4-16(26)5-7-17;1-2/h3-13,28H,29H2,1-2H3,(H,31,32);1-2H3. The van der Waals surface area contributed by atoms with Crippen molar-refractivity contribution in [2.24, 2.45) is 0 Å². The highest BCUT2D eigenvalue weighted by Gasteiger charge is 2.25. The van der Waals surface area contributed by atoms with E-state index >= 15 is 4.39 Å². The van der Waals surface area contributed by atoms with Gasteiger partial charge in [-0.1, -0.05) is 33.8 Å². The molecule has 4 aromatic rings. The largest absolute Gasteiger partial charge is 0.478 e. The van der Waals surface area contributed by atoms with Crippen molar-refractivity contribution < 1.29 is 18.7 Å². The lowest BCUT2D eigenvalue weighted by atomic mass is 9.95. The lowest BCUT2D eigenvalue weighted by molar-refractivity contribution is 0.0696. The highest BCUT2D eigenvalue weighted by atomic mass is 19.1. The van der Waals surface area contributed by atoms with Gasteiger partial charge >= 0.3 is 5.97 Å². The molecule has 0 amide bonds. The van der Waals surface area contributed by atoms with Crippen molar-refractivity contribution in [2.45, 2.75) is 33.6 Å². The number of benzene rings is 3. The number of nitrogens with zero attached hydrogens (tertiary/aromatic N) is 1. The molecule has 7 heteroatoms. The fourth-order valence-corrected chi connectivity index (χ4v) is 4.06. The molecular formula is C27H27F2N3O2. The predicted octanol–water partition coefficient (Wildman–Crippen LogP) is 7.00. The van der Waals surface area contributed by atoms with E-state index in [1.54, 1.807) is 24.3 Å². The summed E-state index contributed by atoms with van der Waals surface area (Å²) in [5.74, 6) is -2.34. The molecule has 0 fully saturated rings. The predicted molar refractivity (Wildman–Crippen MR) is 133 cm³/mol. The van der Waals surface area contributed by atoms with Crippen LogP contribution < -0.4 is 5.73 Å². The van der Waals surface area contributed by atoms with E-state index < -0.39 is 11.8 Å². The fourth-order valence-electron chi connectivity index (χ4n) is 4.06. The van der Waals surface area contributed by atoms with E-state index in [2.05, 4.69) is 0 Å². The van der Waals surface area contributed by atoms with E-state index in [-0.39, 0.29) is 22.9 Å². The van der Waals surface area contributed by atoms with Crippen molar-refractivity contribution >= 4 is 28.8 Å². The Balaban J connectivity index is 0.00000158. The number of aromatic carboxylic acids is 1. The minimum atomic E-state index is -1.21. The Hall–Kier alpha value is -4.00. The molecule has 0 spiro atoms. The smallest absolute Gasteiger partial charge is 0.335 e. The summed E-state index contributed by atoms with van der Waals surface area (Å²) in [5, 5.41) is 17.6. The van der Waals surface area contributed by atoms with E-state index in [1.165, 1.54) is 24.3 Å². The van der Waals surface area contributed by atoms with Crippen LogP contribution in [0.3, 0.4) is 0 Å². The number of fused-ring (bicyclic) bond motifs is 1. The molecule has 4 N–H and O–H groups in total. The molecule has 0 aliphatic heterocycles. The average molecular weight is 464 g/mol. The van der Waals surface area contributed by atoms with E-state index in [1.807, 2.05) is 32.3 Å². The molecular weight excluding hydrogens is 436 g/mol. The topological polar surface area (TPSA) is 92.1 Å². The Bertz CT molecular complexity index is 1370. The molecule has 0 bridgehead atoms. The van der Waals surface area contributed by atoms with Crippen molar-refractivity contribution in [1.82, 2.24) is 4.57 Å². The molecule has 0 aliphatic carbocycles. The summed E-state index contributed by atoms with van der Waals surface area (Å²) in [6, 6.07) is 13.2. The normalized spacial score (nSPS) is 10.8. The van der Waals surface area contributed by atoms with Gasteiger partial charge in [-0.05, 0) is 54.4 Å². The number of aromatic nitrogens is 1. The van der Waals surface area contributed by atoms with Crippen molar-refractivity contribution in [3.8, 4) is 16.8 Å². The number of carbonyl (C=O) groups is 1. The molecule has 34 heavy (non-hydrogen) atoms. The number of hydrogen-bond acceptors (Lipinski definition) is 3. The van der Waals surface area contributed by atoms with Gasteiger partial charge in [0.25, 0.3) is 0 Å². The van der Waals surface area contributed by atoms with Crippen LogP contribution in [0, 0.1) is 17.0 Å². The summed E-state index contributed by atoms with van der Waals surface area (Å²) in [5.41, 5.74) is 9.82. The van der Waals surface area contributed by atoms with Crippen LogP contribution in [0.4, 0.5) is 14.5 Å². The van der Waals surface area contributed by atoms with Crippen LogP contribution in [0.2, 0.25) is 0 Å². The van der Waals surface area contributed by atoms with Crippen LogP contribution in [0.1, 0.15) is 55.2 Å². The number of rotatable bonds is 5. The first-order valence-corrected chi connectivity index (χ1v) is 11.0. The van der Waals surface area contributed by atoms with Gasteiger partial charge in [0.1, 0.15) is 11.6 Å². The maximum Gasteiger partial charge on any atom is 0.335 e. The molecule has 0 unspecified atom stereocenters. The number of carboxylic acid groups (broad SMARTS) is 1. The fraction of sp³-hybridized carbons (Fsp3) is 0.185. The van der Waals surface area contributed by atoms with Crippen LogP contribution >= 0.6 is 0 Å². The summed E-state index contributed by atoms with van der Waals surface area (Å²) in [6.07, 6.45) is 1.15. The van der Waals surface area contributed by atoms with E-state index in [4.69, 9.17) is 11.1 Å². The molecule has 0 saturated carbocycles. The van der Waals surface area contributed by atoms with Crippen molar-refractivity contribution in [3.63, 3.8) is 0 Å². The SMILES string of the molecule is CC.CC(C)c1c(-c2ccc(C(=O)O)cc2F)c2cc(N)c(C=N)cc2n1-c1ccc(F)cc1. The maximum atomic E-state index is 15.2. The average Bonchev–Trinajstić information content (AvgIpc) is 3.14. The summed E-state index contributed by atoms with van der Waals surface area (Å²) in [6.45, 7) is 7.92. The third-order valence-corrected chi connectivity index (χ3v) is 5.48. The first-order chi connectivity index (χ1) is 16.2. The zero-order valence-electron chi connectivity index (χ0n) is 19.5. The van der Waals surface area contributed by atoms with Crippen LogP contribution in [0.5, 0.6) is 0 Å². The van der Waals surface area contributed by atoms with Crippen molar-refractivity contribution in [2.75, 3.05) is 5.73 Å². The molecule has 3 aromatic carbocycles. The number of carboxylic acids is 1. The van der Waals surface area contributed by atoms with E-state index in [9.17, 15) is 14.3 Å². The van der Waals surface area contributed by atoms with Crippen LogP contribution in [-0.4, -0.2) is 21.9 Å². The quantitative estimate of drug-likeness (QED) is 0.220. The van der Waals surface area contributed by atoms with Gasteiger partial charge < -0.3 is 20.8 Å².